The van der Waals surface area contributed by atoms with Crippen LogP contribution in [0.25, 0.3) is 21.8 Å². The van der Waals surface area contributed by atoms with Crippen LogP contribution in [0.2, 0.25) is 0 Å². The fraction of sp³-hybridized carbons (Fsp3) is 0.527. The minimum absolute atomic E-state index is 0.0559. The largest absolute Gasteiger partial charge is 0.508 e. The van der Waals surface area contributed by atoms with E-state index in [0.29, 0.717) is 58.6 Å². The van der Waals surface area contributed by atoms with Crippen LogP contribution < -0.4 is 81.8 Å². The molecule has 15 atom stereocenters. The summed E-state index contributed by atoms with van der Waals surface area (Å²) < 4.78 is 1.36. The second kappa shape index (κ2) is 50.2. The number of nitrogens with zero attached hydrogens (tertiary/aromatic N) is 6. The molecule has 0 saturated carbocycles. The molecule has 0 bridgehead atoms. The lowest BCUT2D eigenvalue weighted by Crippen LogP contribution is -2.62. The molecule has 0 radical (unpaired) electrons. The number of para-hydroxylation sites is 2. The minimum atomic E-state index is -2.07. The number of rotatable bonds is 28. The van der Waals surface area contributed by atoms with E-state index in [1.54, 1.807) is 62.4 Å². The number of piperidine rings is 1. The van der Waals surface area contributed by atoms with E-state index in [-0.39, 0.29) is 75.8 Å². The number of phenolic OH excluding ortho intramolecular Hbond substituents is 1. The predicted octanol–water partition coefficient (Wildman–Crippen LogP) is -5.09. The predicted molar refractivity (Wildman–Crippen MR) is 490 cm³/mol. The fourth-order valence-corrected chi connectivity index (χ4v) is 17.6. The number of fused-ring (bicyclic) bond motifs is 5. The van der Waals surface area contributed by atoms with Crippen LogP contribution in [-0.2, 0) is 126 Å². The number of hydrogen-bond acceptors (Lipinski definition) is 24. The number of aromatic hydroxyl groups is 1. The number of nitrogens with one attached hydrogen (secondary N) is 11. The molecule has 138 heavy (non-hydrogen) atoms. The summed E-state index contributed by atoms with van der Waals surface area (Å²) in [7, 11) is 2.46. The van der Waals surface area contributed by atoms with Crippen LogP contribution in [0.3, 0.4) is 0 Å². The molecule has 2 aromatic heterocycles. The number of H-pyrrole nitrogens is 1. The van der Waals surface area contributed by atoms with Gasteiger partial charge in [0.15, 0.2) is 0 Å². The summed E-state index contributed by atoms with van der Waals surface area (Å²) in [6, 6.07) is -5.52. The molecule has 19 amide bonds. The first-order chi connectivity index (χ1) is 65.6. The lowest BCUT2D eigenvalue weighted by Gasteiger charge is -2.38. The molecule has 6 heterocycles. The van der Waals surface area contributed by atoms with Gasteiger partial charge in [-0.25, -0.2) is 0 Å². The number of amides is 19. The van der Waals surface area contributed by atoms with E-state index in [4.69, 9.17) is 28.7 Å². The molecule has 0 aliphatic carbocycles. The Morgan fingerprint density at radius 3 is 1.56 bits per heavy atom. The van der Waals surface area contributed by atoms with E-state index in [9.17, 15) is 82.8 Å². The Kier molecular flexibility index (Phi) is 39.0. The SMILES string of the molecule is CCCC[C@H]1C(=O)N(C)[C@@H](CCCC)C(=O)N[C@@H](CCC(=O)O)C(=O)N[C@H](C(N)=O)CNCC(=O)N[C@@H](Cc2ccc(O)cc2)C(=O)N2CCCC[C@H]2C(=O)N[C@@H](CC(N)=O)C(=O)N2CCC[C@H]2C(=O)N[C@@H](CCC(N)=O)C(=O)N[C@@H](CCC(N)=O)C(=O)N2C[C@H](O)C[C@H]2C(=O)N[C@@H](Cc2c[nH]c3ccccc23)C(=O)N[C@@H](CC(N)=O)C(=O)N[C@@H](Cc2cn(CC(=O)O)c3ccccc23)C(=O)N1C. The maximum Gasteiger partial charge on any atom is 0.323 e. The normalized spacial score (nSPS) is 24.9. The number of aliphatic hydroxyl groups excluding tert-OH is 1. The molecular formula is C91H124N22O25. The van der Waals surface area contributed by atoms with Gasteiger partial charge in [0.05, 0.1) is 25.5 Å². The Balaban J connectivity index is 1.12. The number of phenols is 1. The van der Waals surface area contributed by atoms with Gasteiger partial charge in [-0.15, -0.1) is 0 Å². The van der Waals surface area contributed by atoms with Gasteiger partial charge in [-0.1, -0.05) is 88.1 Å². The third-order valence-electron chi connectivity index (χ3n) is 24.9. The van der Waals surface area contributed by atoms with Crippen LogP contribution in [-0.4, -0.2) is 316 Å². The van der Waals surface area contributed by atoms with Crippen molar-refractivity contribution >= 4 is 146 Å². The van der Waals surface area contributed by atoms with E-state index < -0.39 is 312 Å². The Hall–Kier alpha value is -14.7. The van der Waals surface area contributed by atoms with Gasteiger partial charge in [0.2, 0.25) is 112 Å². The molecular weight excluding hydrogens is 1800 g/mol. The van der Waals surface area contributed by atoms with Crippen molar-refractivity contribution in [3.63, 3.8) is 0 Å². The number of aromatic amines is 1. The fourth-order valence-electron chi connectivity index (χ4n) is 17.6. The second-order valence-electron chi connectivity index (χ2n) is 35.1. The van der Waals surface area contributed by atoms with Crippen LogP contribution in [0.5, 0.6) is 5.75 Å². The van der Waals surface area contributed by atoms with Gasteiger partial charge in [-0.3, -0.25) is 101 Å². The van der Waals surface area contributed by atoms with Crippen LogP contribution >= 0.6 is 0 Å². The lowest BCUT2D eigenvalue weighted by molar-refractivity contribution is -0.149. The molecule has 4 fully saturated rings. The summed E-state index contributed by atoms with van der Waals surface area (Å²) in [5.74, 6) is -23.5. The lowest BCUT2D eigenvalue weighted by atomic mass is 9.97. The molecule has 25 N–H and O–H groups in total. The summed E-state index contributed by atoms with van der Waals surface area (Å²) >= 11 is 0. The molecule has 0 spiro atoms. The number of carboxylic acids is 2. The van der Waals surface area contributed by atoms with Crippen molar-refractivity contribution in [2.45, 2.75) is 259 Å². The number of unbranched alkanes of at least 4 members (excludes halogenated alkanes) is 2. The van der Waals surface area contributed by atoms with Crippen molar-refractivity contribution in [2.75, 3.05) is 46.8 Å². The highest BCUT2D eigenvalue weighted by molar-refractivity contribution is 6.03. The zero-order valence-corrected chi connectivity index (χ0v) is 77.2. The Morgan fingerprint density at radius 1 is 0.442 bits per heavy atom. The highest BCUT2D eigenvalue weighted by Gasteiger charge is 2.48. The van der Waals surface area contributed by atoms with Crippen molar-refractivity contribution in [3.05, 3.63) is 102 Å². The maximum atomic E-state index is 15.9. The van der Waals surface area contributed by atoms with Gasteiger partial charge in [-0.05, 0) is 105 Å². The number of hydrogen-bond donors (Lipinski definition) is 20. The molecule has 9 rings (SSSR count). The second-order valence-corrected chi connectivity index (χ2v) is 35.1. The smallest absolute Gasteiger partial charge is 0.323 e. The number of carboxylic acid groups (broad SMARTS) is 2. The summed E-state index contributed by atoms with van der Waals surface area (Å²) in [6.07, 6.45) is -4.71. The average Bonchev–Trinajstić information content (AvgIpc) is 1.68. The summed E-state index contributed by atoms with van der Waals surface area (Å²) in [5, 5.41) is 68.1. The van der Waals surface area contributed by atoms with Crippen LogP contribution in [0, 0.1) is 0 Å². The third-order valence-corrected chi connectivity index (χ3v) is 24.9. The molecule has 5 aromatic rings. The molecule has 4 aliphatic heterocycles. The van der Waals surface area contributed by atoms with Crippen molar-refractivity contribution in [2.24, 2.45) is 28.7 Å². The molecule has 47 nitrogen and oxygen atoms in total. The first kappa shape index (κ1) is 107. The number of likely N-dealkylation sites (N-methyl/N-ethyl adjacent to an activating group) is 2. The number of carbonyl (C=O) groups is 21. The Labute approximate surface area is 792 Å². The number of benzene rings is 3. The van der Waals surface area contributed by atoms with Crippen LogP contribution in [0.4, 0.5) is 0 Å². The summed E-state index contributed by atoms with van der Waals surface area (Å²) in [6.45, 7) is 0.568. The Bertz CT molecular complexity index is 5350. The van der Waals surface area contributed by atoms with Crippen LogP contribution in [0.15, 0.2) is 85.2 Å². The van der Waals surface area contributed by atoms with Gasteiger partial charge in [0.25, 0.3) is 0 Å². The molecule has 0 unspecified atom stereocenters. The van der Waals surface area contributed by atoms with Crippen molar-refractivity contribution in [1.82, 2.24) is 87.2 Å². The highest BCUT2D eigenvalue weighted by Crippen LogP contribution is 2.30. The van der Waals surface area contributed by atoms with Crippen molar-refractivity contribution in [1.29, 1.82) is 0 Å². The zero-order chi connectivity index (χ0) is 101. The molecule has 4 aliphatic rings. The zero-order valence-electron chi connectivity index (χ0n) is 77.2. The highest BCUT2D eigenvalue weighted by atomic mass is 16.4. The summed E-state index contributed by atoms with van der Waals surface area (Å²) in [5.41, 5.74) is 30.5. The number of primary amides is 5. The van der Waals surface area contributed by atoms with Gasteiger partial charge >= 0.3 is 11.9 Å². The quantitative estimate of drug-likeness (QED) is 0.0223. The maximum absolute atomic E-state index is 15.9. The number of nitrogens with two attached hydrogens (primary N) is 5. The standard InChI is InChI=1S/C91H124N22O25/c1-5-7-19-66-83(130)100-57(30-33-76(121)122)80(127)107-64(78(96)125)43-97-44-75(120)99-61(36-48-24-26-51(114)27-25-48)89(136)111-34-14-13-22-67(111)85(132)106-63(41-74(95)119)90(137)112-35-15-23-68(112)84(131)101-56(28-31-71(92)116)79(126)102-58(29-32-72(93)117)88(135)113-46-52(115)39-70(113)86(133)104-59(37-49-42-98-55-18-11-9-16-53(49)55)81(128)103-60(40-73(94)118)82(129)105-62(87(134)109(4)69(20-8-6-2)91(138)108(66)3)38-50-45-110(47-77(123)124)65-21-12-10-17-54(50)65/h9-12,16-18,21,24-27,42,45,52,56-64,66-70,97-98,114-115H,5-8,13-15,19-20,22-23,28-41,43-44,46-47H2,1-4H3,(H2,92,116)(H2,93,117)(H2,94,118)(H2,95,119)(H2,96,125)(H,99,120)(H,100,130)(H,101,131)(H,102,126)(H,103,128)(H,104,133)(H,105,129)(H,106,132)(H,107,127)(H,121,122)(H,123,124)/t52-,56+,57+,58+,59+,60+,61+,62+,63+,64+,66+,67+,68+,69+,70+/m1/s1. The van der Waals surface area contributed by atoms with E-state index >= 15 is 38.4 Å². The number of aliphatic carboxylic acids is 2. The topological polar surface area (TPSA) is 727 Å². The van der Waals surface area contributed by atoms with E-state index in [1.807, 2.05) is 0 Å². The Morgan fingerprint density at radius 2 is 0.935 bits per heavy atom. The summed E-state index contributed by atoms with van der Waals surface area (Å²) in [4.78, 5) is 309. The number of carbonyl (C=O) groups excluding carboxylic acids is 19. The number of aliphatic hydroxyl groups is 1. The number of aromatic nitrogens is 2. The van der Waals surface area contributed by atoms with Gasteiger partial charge < -0.3 is 136 Å². The first-order valence-electron chi connectivity index (χ1n) is 45.9. The van der Waals surface area contributed by atoms with Crippen molar-refractivity contribution < 1.29 is 121 Å². The van der Waals surface area contributed by atoms with E-state index in [2.05, 4.69) is 58.2 Å². The van der Waals surface area contributed by atoms with Gasteiger partial charge in [0.1, 0.15) is 96.9 Å². The minimum Gasteiger partial charge on any atom is -0.508 e. The first-order valence-corrected chi connectivity index (χ1v) is 45.9. The molecule has 4 saturated heterocycles. The van der Waals surface area contributed by atoms with E-state index in [1.165, 1.54) is 55.3 Å². The van der Waals surface area contributed by atoms with Crippen LogP contribution in [0.1, 0.15) is 159 Å². The van der Waals surface area contributed by atoms with Gasteiger partial charge in [0, 0.05) is 119 Å². The molecule has 47 heteroatoms. The molecule has 3 aromatic carbocycles. The molecule has 748 valence electrons. The van der Waals surface area contributed by atoms with Crippen molar-refractivity contribution in [3.8, 4) is 5.75 Å². The average molecular weight is 1930 g/mol. The monoisotopic (exact) mass is 1920 g/mol. The van der Waals surface area contributed by atoms with Gasteiger partial charge in [-0.2, -0.15) is 0 Å². The van der Waals surface area contributed by atoms with E-state index in [0.717, 1.165) is 24.5 Å². The third kappa shape index (κ3) is 29.4.